The first-order chi connectivity index (χ1) is 15.5. The SMILES string of the molecule is O=C(CN1C(=O)COc2ccc(C(=O)COc3ccc(F)cc3)cc21)NC[C@H]1CCCO1. The number of rotatable bonds is 8. The minimum Gasteiger partial charge on any atom is -0.485 e. The van der Waals surface area contributed by atoms with Crippen LogP contribution in [0.1, 0.15) is 23.2 Å². The third-order valence-electron chi connectivity index (χ3n) is 5.26. The van der Waals surface area contributed by atoms with E-state index < -0.39 is 5.82 Å². The van der Waals surface area contributed by atoms with Crippen molar-refractivity contribution < 1.29 is 33.0 Å². The highest BCUT2D eigenvalue weighted by atomic mass is 19.1. The molecule has 32 heavy (non-hydrogen) atoms. The molecule has 2 aliphatic heterocycles. The van der Waals surface area contributed by atoms with E-state index >= 15 is 0 Å². The fraction of sp³-hybridized carbons (Fsp3) is 0.348. The van der Waals surface area contributed by atoms with E-state index in [2.05, 4.69) is 5.32 Å². The van der Waals surface area contributed by atoms with Crippen molar-refractivity contribution in [1.82, 2.24) is 5.32 Å². The summed E-state index contributed by atoms with van der Waals surface area (Å²) in [5.74, 6) is -0.663. The van der Waals surface area contributed by atoms with Gasteiger partial charge in [-0.1, -0.05) is 0 Å². The number of Topliss-reactive ketones (excluding diaryl/α,β-unsaturated/α-hetero) is 1. The lowest BCUT2D eigenvalue weighted by molar-refractivity contribution is -0.125. The van der Waals surface area contributed by atoms with Gasteiger partial charge in [-0.3, -0.25) is 19.3 Å². The molecule has 0 aliphatic carbocycles. The molecule has 0 unspecified atom stereocenters. The average Bonchev–Trinajstić information content (AvgIpc) is 3.32. The van der Waals surface area contributed by atoms with E-state index in [0.29, 0.717) is 35.9 Å². The minimum absolute atomic E-state index is 0.00282. The zero-order valence-corrected chi connectivity index (χ0v) is 17.3. The maximum atomic E-state index is 13.0. The maximum Gasteiger partial charge on any atom is 0.265 e. The van der Waals surface area contributed by atoms with Gasteiger partial charge in [-0.05, 0) is 55.3 Å². The van der Waals surface area contributed by atoms with Crippen LogP contribution < -0.4 is 19.7 Å². The molecule has 0 aromatic heterocycles. The predicted octanol–water partition coefficient (Wildman–Crippen LogP) is 2.11. The smallest absolute Gasteiger partial charge is 0.265 e. The molecular formula is C23H23FN2O6. The number of carbonyl (C=O) groups is 3. The molecule has 2 heterocycles. The molecule has 1 saturated heterocycles. The van der Waals surface area contributed by atoms with Gasteiger partial charge < -0.3 is 19.5 Å². The summed E-state index contributed by atoms with van der Waals surface area (Å²) in [6.45, 7) is 0.445. The van der Waals surface area contributed by atoms with Gasteiger partial charge in [0.05, 0.1) is 11.8 Å². The third kappa shape index (κ3) is 5.23. The summed E-state index contributed by atoms with van der Waals surface area (Å²) in [4.78, 5) is 38.7. The van der Waals surface area contributed by atoms with Crippen molar-refractivity contribution in [2.75, 3.05) is 37.8 Å². The summed E-state index contributed by atoms with van der Waals surface area (Å²) in [6.07, 6.45) is 1.86. The first-order valence-corrected chi connectivity index (χ1v) is 10.4. The van der Waals surface area contributed by atoms with Crippen LogP contribution in [-0.2, 0) is 14.3 Å². The van der Waals surface area contributed by atoms with Crippen LogP contribution in [0.3, 0.4) is 0 Å². The molecular weight excluding hydrogens is 419 g/mol. The van der Waals surface area contributed by atoms with Crippen molar-refractivity contribution in [1.29, 1.82) is 0 Å². The van der Waals surface area contributed by atoms with Crippen LogP contribution in [0, 0.1) is 5.82 Å². The quantitative estimate of drug-likeness (QED) is 0.630. The Morgan fingerprint density at radius 3 is 2.75 bits per heavy atom. The van der Waals surface area contributed by atoms with Gasteiger partial charge in [-0.25, -0.2) is 4.39 Å². The standard InChI is InChI=1S/C23H23FN2O6/c24-16-4-6-17(7-5-16)31-13-20(27)15-3-8-21-19(10-15)26(23(29)14-32-21)12-22(28)25-11-18-2-1-9-30-18/h3-8,10,18H,1-2,9,11-14H2,(H,25,28)/t18-/m1/s1. The Bertz CT molecular complexity index is 1000. The second-order valence-electron chi connectivity index (χ2n) is 7.56. The van der Waals surface area contributed by atoms with Crippen molar-refractivity contribution in [2.45, 2.75) is 18.9 Å². The fourth-order valence-electron chi connectivity index (χ4n) is 3.54. The summed E-state index contributed by atoms with van der Waals surface area (Å²) in [5.41, 5.74) is 0.648. The van der Waals surface area contributed by atoms with Gasteiger partial charge in [0.2, 0.25) is 5.91 Å². The molecule has 0 radical (unpaired) electrons. The number of carbonyl (C=O) groups excluding carboxylic acids is 3. The highest BCUT2D eigenvalue weighted by Gasteiger charge is 2.28. The van der Waals surface area contributed by atoms with Crippen LogP contribution in [-0.4, -0.2) is 56.6 Å². The highest BCUT2D eigenvalue weighted by Crippen LogP contribution is 2.33. The zero-order chi connectivity index (χ0) is 22.5. The maximum absolute atomic E-state index is 13.0. The Kier molecular flexibility index (Phi) is 6.65. The lowest BCUT2D eigenvalue weighted by Crippen LogP contribution is -2.46. The van der Waals surface area contributed by atoms with Crippen LogP contribution in [0.4, 0.5) is 10.1 Å². The number of benzene rings is 2. The van der Waals surface area contributed by atoms with Crippen LogP contribution in [0.2, 0.25) is 0 Å². The molecule has 0 spiro atoms. The minimum atomic E-state index is -0.400. The van der Waals surface area contributed by atoms with Gasteiger partial charge >= 0.3 is 0 Å². The van der Waals surface area contributed by atoms with E-state index in [1.165, 1.54) is 35.2 Å². The van der Waals surface area contributed by atoms with Gasteiger partial charge in [-0.2, -0.15) is 0 Å². The number of halogens is 1. The third-order valence-corrected chi connectivity index (χ3v) is 5.26. The molecule has 8 nitrogen and oxygen atoms in total. The molecule has 2 aromatic carbocycles. The van der Waals surface area contributed by atoms with E-state index in [9.17, 15) is 18.8 Å². The van der Waals surface area contributed by atoms with E-state index in [4.69, 9.17) is 14.2 Å². The van der Waals surface area contributed by atoms with E-state index in [-0.39, 0.29) is 43.5 Å². The number of amides is 2. The molecule has 2 aromatic rings. The van der Waals surface area contributed by atoms with E-state index in [1.807, 2.05) is 0 Å². The lowest BCUT2D eigenvalue weighted by atomic mass is 10.1. The summed E-state index contributed by atoms with van der Waals surface area (Å²) >= 11 is 0. The molecule has 2 aliphatic rings. The molecule has 2 amide bonds. The van der Waals surface area contributed by atoms with Crippen molar-refractivity contribution >= 4 is 23.3 Å². The normalized spacial score (nSPS) is 17.5. The van der Waals surface area contributed by atoms with Gasteiger partial charge in [0.25, 0.3) is 5.91 Å². The Morgan fingerprint density at radius 2 is 2.00 bits per heavy atom. The topological polar surface area (TPSA) is 94.2 Å². The van der Waals surface area contributed by atoms with E-state index in [1.54, 1.807) is 12.1 Å². The first-order valence-electron chi connectivity index (χ1n) is 10.4. The number of hydrogen-bond donors (Lipinski definition) is 1. The molecule has 0 saturated carbocycles. The summed E-state index contributed by atoms with van der Waals surface area (Å²) in [7, 11) is 0. The molecule has 9 heteroatoms. The van der Waals surface area contributed by atoms with Crippen molar-refractivity contribution in [3.05, 3.63) is 53.8 Å². The Morgan fingerprint density at radius 1 is 1.19 bits per heavy atom. The van der Waals surface area contributed by atoms with Gasteiger partial charge in [0.1, 0.15) is 23.9 Å². The average molecular weight is 442 g/mol. The summed E-state index contributed by atoms with van der Waals surface area (Å²) < 4.78 is 29.3. The lowest BCUT2D eigenvalue weighted by Gasteiger charge is -2.29. The Hall–Kier alpha value is -3.46. The molecule has 1 atom stereocenters. The molecule has 1 N–H and O–H groups in total. The largest absolute Gasteiger partial charge is 0.485 e. The first kappa shape index (κ1) is 21.8. The number of ether oxygens (including phenoxy) is 3. The van der Waals surface area contributed by atoms with E-state index in [0.717, 1.165) is 12.8 Å². The van der Waals surface area contributed by atoms with Gasteiger partial charge in [0.15, 0.2) is 19.0 Å². The Balaban J connectivity index is 1.42. The van der Waals surface area contributed by atoms with Crippen LogP contribution >= 0.6 is 0 Å². The molecule has 4 rings (SSSR count). The highest BCUT2D eigenvalue weighted by molar-refractivity contribution is 6.04. The van der Waals surface area contributed by atoms with Gasteiger partial charge in [0, 0.05) is 18.7 Å². The number of nitrogens with one attached hydrogen (secondary N) is 1. The monoisotopic (exact) mass is 442 g/mol. The second-order valence-corrected chi connectivity index (χ2v) is 7.56. The summed E-state index contributed by atoms with van der Waals surface area (Å²) in [5, 5.41) is 2.79. The molecule has 168 valence electrons. The van der Waals surface area contributed by atoms with Crippen LogP contribution in [0.5, 0.6) is 11.5 Å². The van der Waals surface area contributed by atoms with Crippen molar-refractivity contribution in [3.63, 3.8) is 0 Å². The number of nitrogens with zero attached hydrogens (tertiary/aromatic N) is 1. The van der Waals surface area contributed by atoms with Gasteiger partial charge in [-0.15, -0.1) is 0 Å². The Labute approximate surface area is 184 Å². The molecule has 0 bridgehead atoms. The molecule has 1 fully saturated rings. The number of fused-ring (bicyclic) bond motifs is 1. The fourth-order valence-corrected chi connectivity index (χ4v) is 3.54. The predicted molar refractivity (Wildman–Crippen MR) is 112 cm³/mol. The second kappa shape index (κ2) is 9.78. The zero-order valence-electron chi connectivity index (χ0n) is 17.3. The number of hydrogen-bond acceptors (Lipinski definition) is 6. The van der Waals surface area contributed by atoms with Crippen LogP contribution in [0.25, 0.3) is 0 Å². The van der Waals surface area contributed by atoms with Crippen molar-refractivity contribution in [2.24, 2.45) is 0 Å². The number of anilines is 1. The number of ketones is 1. The van der Waals surface area contributed by atoms with Crippen molar-refractivity contribution in [3.8, 4) is 11.5 Å². The van der Waals surface area contributed by atoms with Crippen LogP contribution in [0.15, 0.2) is 42.5 Å². The summed E-state index contributed by atoms with van der Waals surface area (Å²) in [6, 6.07) is 10.0.